The highest BCUT2D eigenvalue weighted by Crippen LogP contribution is 2.30. The molecule has 0 bridgehead atoms. The molecule has 0 radical (unpaired) electrons. The first-order valence-electron chi connectivity index (χ1n) is 9.52. The Morgan fingerprint density at radius 2 is 2.06 bits per heavy atom. The van der Waals surface area contributed by atoms with E-state index in [2.05, 4.69) is 15.5 Å². The fourth-order valence-corrected chi connectivity index (χ4v) is 3.23. The summed E-state index contributed by atoms with van der Waals surface area (Å²) in [6.45, 7) is -0.258. The van der Waals surface area contributed by atoms with Gasteiger partial charge >= 0.3 is 0 Å². The van der Waals surface area contributed by atoms with Crippen LogP contribution in [0.15, 0.2) is 59.9 Å². The molecule has 9 heteroatoms. The van der Waals surface area contributed by atoms with Gasteiger partial charge in [-0.3, -0.25) is 14.6 Å². The van der Waals surface area contributed by atoms with Crippen molar-refractivity contribution in [3.8, 4) is 11.5 Å². The monoisotopic (exact) mass is 420 g/mol. The zero-order valence-corrected chi connectivity index (χ0v) is 16.7. The number of nitrogens with one attached hydrogen (secondary N) is 1. The third kappa shape index (κ3) is 4.40. The molecule has 2 aromatic carbocycles. The summed E-state index contributed by atoms with van der Waals surface area (Å²) in [6.07, 6.45) is 1.23. The number of benzene rings is 2. The van der Waals surface area contributed by atoms with Gasteiger partial charge in [0.05, 0.1) is 24.0 Å². The van der Waals surface area contributed by atoms with Gasteiger partial charge in [0.2, 0.25) is 6.10 Å². The zero-order valence-electron chi connectivity index (χ0n) is 16.7. The number of primary amides is 1. The van der Waals surface area contributed by atoms with Crippen molar-refractivity contribution in [2.24, 2.45) is 10.9 Å². The van der Waals surface area contributed by atoms with Crippen LogP contribution in [0.1, 0.15) is 12.0 Å². The quantitative estimate of drug-likeness (QED) is 0.604. The van der Waals surface area contributed by atoms with Crippen molar-refractivity contribution in [2.45, 2.75) is 12.5 Å². The van der Waals surface area contributed by atoms with Gasteiger partial charge in [-0.25, -0.2) is 0 Å². The molecule has 0 saturated heterocycles. The van der Waals surface area contributed by atoms with E-state index in [1.54, 1.807) is 24.4 Å². The number of anilines is 1. The molecule has 0 aliphatic carbocycles. The Bertz CT molecular complexity index is 1170. The second-order valence-electron chi connectivity index (χ2n) is 6.82. The number of methoxy groups -OCH3 is 1. The molecule has 1 aliphatic heterocycles. The number of ether oxygens (including phenoxy) is 2. The van der Waals surface area contributed by atoms with Gasteiger partial charge in [-0.2, -0.15) is 0 Å². The molecular weight excluding hydrogens is 400 g/mol. The van der Waals surface area contributed by atoms with Gasteiger partial charge in [-0.15, -0.1) is 0 Å². The summed E-state index contributed by atoms with van der Waals surface area (Å²) in [6, 6.07) is 14.3. The smallest absolute Gasteiger partial charge is 0.268 e. The van der Waals surface area contributed by atoms with Crippen molar-refractivity contribution < 1.29 is 23.9 Å². The van der Waals surface area contributed by atoms with Crippen molar-refractivity contribution >= 4 is 34.1 Å². The molecule has 0 spiro atoms. The standard InChI is InChI=1S/C22H20N4O5/c1-29-19-10-13(7-8-18(19)30-12-21(23)27)17-11-20(31-26-17)22(28)25-16-6-2-5-15-14(16)4-3-9-24-15/h2-10,20H,11-12H2,1H3,(H2,23,27)(H,25,28)/t20-/m0/s1. The number of hydrogen-bond donors (Lipinski definition) is 2. The number of nitrogens with two attached hydrogens (primary N) is 1. The Morgan fingerprint density at radius 3 is 2.87 bits per heavy atom. The molecule has 2 heterocycles. The van der Waals surface area contributed by atoms with Crippen molar-refractivity contribution in [3.63, 3.8) is 0 Å². The fraction of sp³-hybridized carbons (Fsp3) is 0.182. The highest BCUT2D eigenvalue weighted by Gasteiger charge is 2.29. The van der Waals surface area contributed by atoms with Crippen LogP contribution in [0.5, 0.6) is 11.5 Å². The van der Waals surface area contributed by atoms with Gasteiger partial charge in [0.25, 0.3) is 11.8 Å². The van der Waals surface area contributed by atoms with Crippen LogP contribution in [0, 0.1) is 0 Å². The fourth-order valence-electron chi connectivity index (χ4n) is 3.23. The first-order chi connectivity index (χ1) is 15.0. The third-order valence-electron chi connectivity index (χ3n) is 4.73. The number of nitrogens with zero attached hydrogens (tertiary/aromatic N) is 2. The number of carbonyl (C=O) groups is 2. The number of pyridine rings is 1. The number of rotatable bonds is 7. The van der Waals surface area contributed by atoms with Gasteiger partial charge < -0.3 is 25.4 Å². The lowest BCUT2D eigenvalue weighted by atomic mass is 10.0. The maximum atomic E-state index is 12.7. The van der Waals surface area contributed by atoms with E-state index in [0.717, 1.165) is 10.9 Å². The average molecular weight is 420 g/mol. The SMILES string of the molecule is COc1cc(C2=NO[C@H](C(=O)Nc3cccc4ncccc34)C2)ccc1OCC(N)=O. The maximum Gasteiger partial charge on any atom is 0.268 e. The predicted molar refractivity (Wildman–Crippen MR) is 114 cm³/mol. The lowest BCUT2D eigenvalue weighted by Gasteiger charge is -2.12. The van der Waals surface area contributed by atoms with Crippen LogP contribution in [0.3, 0.4) is 0 Å². The van der Waals surface area contributed by atoms with Gasteiger partial charge in [0.1, 0.15) is 0 Å². The predicted octanol–water partition coefficient (Wildman–Crippen LogP) is 2.24. The molecule has 1 aromatic heterocycles. The lowest BCUT2D eigenvalue weighted by Crippen LogP contribution is -2.28. The minimum Gasteiger partial charge on any atom is -0.493 e. The van der Waals surface area contributed by atoms with Crippen LogP contribution in [-0.4, -0.2) is 42.3 Å². The van der Waals surface area contributed by atoms with Crippen LogP contribution in [0.2, 0.25) is 0 Å². The van der Waals surface area contributed by atoms with E-state index in [0.29, 0.717) is 34.9 Å². The van der Waals surface area contributed by atoms with E-state index >= 15 is 0 Å². The van der Waals surface area contributed by atoms with Crippen LogP contribution >= 0.6 is 0 Å². The Labute approximate surface area is 177 Å². The Morgan fingerprint density at radius 1 is 1.19 bits per heavy atom. The zero-order chi connectivity index (χ0) is 21.8. The number of aromatic nitrogens is 1. The summed E-state index contributed by atoms with van der Waals surface area (Å²) in [4.78, 5) is 33.3. The molecule has 158 valence electrons. The second kappa shape index (κ2) is 8.70. The molecule has 3 N–H and O–H groups in total. The minimum absolute atomic E-state index is 0.258. The largest absolute Gasteiger partial charge is 0.493 e. The van der Waals surface area contributed by atoms with E-state index in [-0.39, 0.29) is 12.5 Å². The summed E-state index contributed by atoms with van der Waals surface area (Å²) in [5, 5.41) is 7.80. The Kier molecular flexibility index (Phi) is 5.65. The maximum absolute atomic E-state index is 12.7. The van der Waals surface area contributed by atoms with E-state index in [9.17, 15) is 9.59 Å². The third-order valence-corrected chi connectivity index (χ3v) is 4.73. The number of oxime groups is 1. The number of fused-ring (bicyclic) bond motifs is 1. The molecule has 9 nitrogen and oxygen atoms in total. The summed E-state index contributed by atoms with van der Waals surface area (Å²) in [5.74, 6) is -0.0972. The topological polar surface area (TPSA) is 125 Å². The minimum atomic E-state index is -0.765. The Balaban J connectivity index is 1.45. The van der Waals surface area contributed by atoms with E-state index in [1.165, 1.54) is 7.11 Å². The molecule has 0 saturated carbocycles. The van der Waals surface area contributed by atoms with Gasteiger partial charge in [-0.1, -0.05) is 11.2 Å². The van der Waals surface area contributed by atoms with Gasteiger partial charge in [-0.05, 0) is 42.5 Å². The summed E-state index contributed by atoms with van der Waals surface area (Å²) >= 11 is 0. The highest BCUT2D eigenvalue weighted by molar-refractivity contribution is 6.08. The van der Waals surface area contributed by atoms with E-state index in [4.69, 9.17) is 20.0 Å². The second-order valence-corrected chi connectivity index (χ2v) is 6.82. The van der Waals surface area contributed by atoms with Crippen LogP contribution in [0.4, 0.5) is 5.69 Å². The van der Waals surface area contributed by atoms with Crippen LogP contribution in [-0.2, 0) is 14.4 Å². The molecule has 0 fully saturated rings. The van der Waals surface area contributed by atoms with Gasteiger partial charge in [0.15, 0.2) is 18.1 Å². The first kappa shape index (κ1) is 20.1. The van der Waals surface area contributed by atoms with E-state index < -0.39 is 12.0 Å². The van der Waals surface area contributed by atoms with Crippen molar-refractivity contribution in [3.05, 3.63) is 60.3 Å². The molecule has 1 aliphatic rings. The van der Waals surface area contributed by atoms with Crippen molar-refractivity contribution in [1.29, 1.82) is 0 Å². The molecule has 1 atom stereocenters. The number of carbonyl (C=O) groups excluding carboxylic acids is 2. The highest BCUT2D eigenvalue weighted by atomic mass is 16.6. The molecule has 2 amide bonds. The summed E-state index contributed by atoms with van der Waals surface area (Å²) in [7, 11) is 1.48. The van der Waals surface area contributed by atoms with Crippen LogP contribution < -0.4 is 20.5 Å². The average Bonchev–Trinajstić information content (AvgIpc) is 3.28. The van der Waals surface area contributed by atoms with Crippen molar-refractivity contribution in [1.82, 2.24) is 4.98 Å². The molecule has 0 unspecified atom stereocenters. The molecule has 3 aromatic rings. The molecule has 31 heavy (non-hydrogen) atoms. The molecular formula is C22H20N4O5. The number of amides is 2. The number of hydrogen-bond acceptors (Lipinski definition) is 7. The van der Waals surface area contributed by atoms with Crippen molar-refractivity contribution in [2.75, 3.05) is 19.0 Å². The molecule has 4 rings (SSSR count). The Hall–Kier alpha value is -4.14. The summed E-state index contributed by atoms with van der Waals surface area (Å²) < 4.78 is 10.6. The normalized spacial score (nSPS) is 15.1. The van der Waals surface area contributed by atoms with E-state index in [1.807, 2.05) is 30.3 Å². The van der Waals surface area contributed by atoms with Gasteiger partial charge in [0, 0.05) is 23.6 Å². The summed E-state index contributed by atoms with van der Waals surface area (Å²) in [5.41, 5.74) is 7.87. The van der Waals surface area contributed by atoms with Crippen LogP contribution in [0.25, 0.3) is 10.9 Å². The first-order valence-corrected chi connectivity index (χ1v) is 9.52. The lowest BCUT2D eigenvalue weighted by molar-refractivity contribution is -0.125.